The van der Waals surface area contributed by atoms with Crippen LogP contribution in [0.4, 0.5) is 5.95 Å². The van der Waals surface area contributed by atoms with Crippen LogP contribution in [0.1, 0.15) is 32.4 Å². The molecule has 2 rings (SSSR count). The molecule has 0 amide bonds. The van der Waals surface area contributed by atoms with E-state index in [9.17, 15) is 0 Å². The highest BCUT2D eigenvalue weighted by molar-refractivity contribution is 5.77. The molecule has 86 valence electrons. The summed E-state index contributed by atoms with van der Waals surface area (Å²) >= 11 is 0. The lowest BCUT2D eigenvalue weighted by Gasteiger charge is -2.18. The summed E-state index contributed by atoms with van der Waals surface area (Å²) in [5.74, 6) is 1.06. The maximum atomic E-state index is 5.97. The van der Waals surface area contributed by atoms with Gasteiger partial charge in [0.05, 0.1) is 0 Å². The number of imidazole rings is 1. The molecule has 0 saturated carbocycles. The van der Waals surface area contributed by atoms with Crippen molar-refractivity contribution < 1.29 is 0 Å². The first-order valence-corrected chi connectivity index (χ1v) is 5.61. The molecule has 0 fully saturated rings. The van der Waals surface area contributed by atoms with Gasteiger partial charge in [0.1, 0.15) is 5.52 Å². The molecule has 1 atom stereocenters. The van der Waals surface area contributed by atoms with Crippen molar-refractivity contribution >= 4 is 17.1 Å². The molecule has 0 saturated heterocycles. The third kappa shape index (κ3) is 1.54. The van der Waals surface area contributed by atoms with Gasteiger partial charge in [0.2, 0.25) is 5.95 Å². The molecule has 2 aromatic rings. The molecular formula is C12H18N4. The number of anilines is 1. The molecule has 4 heteroatoms. The number of hydrogen-bond acceptors (Lipinski definition) is 3. The monoisotopic (exact) mass is 218 g/mol. The lowest BCUT2D eigenvalue weighted by atomic mass is 10.1. The maximum absolute atomic E-state index is 5.97. The Kier molecular flexibility index (Phi) is 2.58. The average Bonchev–Trinajstić information content (AvgIpc) is 2.55. The SMILES string of the molecule is Cc1ccnc2c1nc(N)n2C(C)C(C)C. The minimum atomic E-state index is 0.305. The van der Waals surface area contributed by atoms with Crippen LogP contribution in [-0.2, 0) is 0 Å². The van der Waals surface area contributed by atoms with Crippen molar-refractivity contribution in [2.75, 3.05) is 5.73 Å². The minimum absolute atomic E-state index is 0.305. The summed E-state index contributed by atoms with van der Waals surface area (Å²) in [6.07, 6.45) is 1.81. The average molecular weight is 218 g/mol. The molecule has 2 N–H and O–H groups in total. The first kappa shape index (κ1) is 10.9. The standard InChI is InChI=1S/C12H18N4/c1-7(2)9(4)16-11-10(15-12(16)13)8(3)5-6-14-11/h5-7,9H,1-4H3,(H2,13,15). The normalized spacial score (nSPS) is 13.6. The summed E-state index contributed by atoms with van der Waals surface area (Å²) in [6.45, 7) is 8.52. The van der Waals surface area contributed by atoms with Crippen LogP contribution in [0.2, 0.25) is 0 Å². The number of nitrogen functional groups attached to an aromatic ring is 1. The molecule has 0 aliphatic heterocycles. The van der Waals surface area contributed by atoms with Crippen molar-refractivity contribution in [3.05, 3.63) is 17.8 Å². The topological polar surface area (TPSA) is 56.7 Å². The fourth-order valence-corrected chi connectivity index (χ4v) is 1.83. The van der Waals surface area contributed by atoms with E-state index in [1.54, 1.807) is 0 Å². The molecule has 2 heterocycles. The van der Waals surface area contributed by atoms with Gasteiger partial charge >= 0.3 is 0 Å². The number of fused-ring (bicyclic) bond motifs is 1. The van der Waals surface area contributed by atoms with Gasteiger partial charge in [-0.05, 0) is 31.4 Å². The highest BCUT2D eigenvalue weighted by Crippen LogP contribution is 2.26. The Hall–Kier alpha value is -1.58. The number of nitrogens with zero attached hydrogens (tertiary/aromatic N) is 3. The summed E-state index contributed by atoms with van der Waals surface area (Å²) in [5.41, 5.74) is 8.89. The fraction of sp³-hybridized carbons (Fsp3) is 0.500. The van der Waals surface area contributed by atoms with Gasteiger partial charge in [-0.1, -0.05) is 13.8 Å². The van der Waals surface area contributed by atoms with Crippen molar-refractivity contribution in [1.29, 1.82) is 0 Å². The molecule has 0 radical (unpaired) electrons. The number of hydrogen-bond donors (Lipinski definition) is 1. The molecule has 1 unspecified atom stereocenters. The van der Waals surface area contributed by atoms with Crippen LogP contribution in [0.3, 0.4) is 0 Å². The summed E-state index contributed by atoms with van der Waals surface area (Å²) in [4.78, 5) is 8.78. The van der Waals surface area contributed by atoms with Gasteiger partial charge in [-0.25, -0.2) is 9.97 Å². The van der Waals surface area contributed by atoms with Crippen LogP contribution in [0.25, 0.3) is 11.2 Å². The van der Waals surface area contributed by atoms with E-state index in [1.807, 2.05) is 23.8 Å². The maximum Gasteiger partial charge on any atom is 0.202 e. The molecule has 16 heavy (non-hydrogen) atoms. The van der Waals surface area contributed by atoms with Crippen LogP contribution in [0, 0.1) is 12.8 Å². The predicted molar refractivity (Wildman–Crippen MR) is 66.2 cm³/mol. The fourth-order valence-electron chi connectivity index (χ4n) is 1.83. The lowest BCUT2D eigenvalue weighted by Crippen LogP contribution is -2.14. The van der Waals surface area contributed by atoms with Crippen molar-refractivity contribution in [3.63, 3.8) is 0 Å². The van der Waals surface area contributed by atoms with E-state index in [2.05, 4.69) is 30.7 Å². The van der Waals surface area contributed by atoms with E-state index >= 15 is 0 Å². The third-order valence-electron chi connectivity index (χ3n) is 3.18. The first-order chi connectivity index (χ1) is 7.52. The van der Waals surface area contributed by atoms with Gasteiger partial charge in [0.15, 0.2) is 5.65 Å². The summed E-state index contributed by atoms with van der Waals surface area (Å²) < 4.78 is 2.02. The molecule has 0 spiro atoms. The minimum Gasteiger partial charge on any atom is -0.369 e. The Morgan fingerprint density at radius 1 is 1.31 bits per heavy atom. The van der Waals surface area contributed by atoms with E-state index in [1.165, 1.54) is 0 Å². The van der Waals surface area contributed by atoms with E-state index in [-0.39, 0.29) is 0 Å². The van der Waals surface area contributed by atoms with Crippen molar-refractivity contribution in [1.82, 2.24) is 14.5 Å². The van der Waals surface area contributed by atoms with Gasteiger partial charge in [-0.3, -0.25) is 4.57 Å². The van der Waals surface area contributed by atoms with Gasteiger partial charge in [-0.2, -0.15) is 0 Å². The lowest BCUT2D eigenvalue weighted by molar-refractivity contribution is 0.419. The summed E-state index contributed by atoms with van der Waals surface area (Å²) in [6, 6.07) is 2.26. The van der Waals surface area contributed by atoms with Crippen LogP contribution in [0.15, 0.2) is 12.3 Å². The van der Waals surface area contributed by atoms with E-state index in [0.29, 0.717) is 17.9 Å². The summed E-state index contributed by atoms with van der Waals surface area (Å²) in [7, 11) is 0. The summed E-state index contributed by atoms with van der Waals surface area (Å²) in [5, 5.41) is 0. The first-order valence-electron chi connectivity index (χ1n) is 5.61. The van der Waals surface area contributed by atoms with Crippen molar-refractivity contribution in [2.24, 2.45) is 5.92 Å². The van der Waals surface area contributed by atoms with Gasteiger partial charge in [0.25, 0.3) is 0 Å². The largest absolute Gasteiger partial charge is 0.369 e. The zero-order chi connectivity index (χ0) is 11.9. The zero-order valence-electron chi connectivity index (χ0n) is 10.2. The Balaban J connectivity index is 2.70. The number of pyridine rings is 1. The van der Waals surface area contributed by atoms with Gasteiger partial charge < -0.3 is 5.73 Å². The molecule has 0 bridgehead atoms. The van der Waals surface area contributed by atoms with E-state index in [4.69, 9.17) is 5.73 Å². The van der Waals surface area contributed by atoms with Crippen LogP contribution >= 0.6 is 0 Å². The number of aryl methyl sites for hydroxylation is 1. The Morgan fingerprint density at radius 2 is 2.00 bits per heavy atom. The van der Waals surface area contributed by atoms with Crippen LogP contribution < -0.4 is 5.73 Å². The second kappa shape index (κ2) is 3.77. The number of rotatable bonds is 2. The Labute approximate surface area is 95.5 Å². The Bertz CT molecular complexity index is 513. The highest BCUT2D eigenvalue weighted by Gasteiger charge is 2.18. The van der Waals surface area contributed by atoms with E-state index < -0.39 is 0 Å². The second-order valence-electron chi connectivity index (χ2n) is 4.62. The molecule has 0 aliphatic carbocycles. The molecular weight excluding hydrogens is 200 g/mol. The quantitative estimate of drug-likeness (QED) is 0.842. The highest BCUT2D eigenvalue weighted by atomic mass is 15.2. The number of nitrogens with two attached hydrogens (primary N) is 1. The molecule has 4 nitrogen and oxygen atoms in total. The van der Waals surface area contributed by atoms with Crippen molar-refractivity contribution in [2.45, 2.75) is 33.7 Å². The Morgan fingerprint density at radius 3 is 2.62 bits per heavy atom. The third-order valence-corrected chi connectivity index (χ3v) is 3.18. The van der Waals surface area contributed by atoms with Gasteiger partial charge in [-0.15, -0.1) is 0 Å². The van der Waals surface area contributed by atoms with E-state index in [0.717, 1.165) is 16.7 Å². The number of aromatic nitrogens is 3. The van der Waals surface area contributed by atoms with Crippen LogP contribution in [-0.4, -0.2) is 14.5 Å². The van der Waals surface area contributed by atoms with Gasteiger partial charge in [0, 0.05) is 12.2 Å². The molecule has 2 aromatic heterocycles. The van der Waals surface area contributed by atoms with Crippen molar-refractivity contribution in [3.8, 4) is 0 Å². The van der Waals surface area contributed by atoms with Crippen LogP contribution in [0.5, 0.6) is 0 Å². The smallest absolute Gasteiger partial charge is 0.202 e. The zero-order valence-corrected chi connectivity index (χ0v) is 10.2. The molecule has 0 aliphatic rings. The predicted octanol–water partition coefficient (Wildman–Crippen LogP) is 2.54. The molecule has 0 aromatic carbocycles. The second-order valence-corrected chi connectivity index (χ2v) is 4.62.